The van der Waals surface area contributed by atoms with Crippen molar-refractivity contribution in [2.24, 2.45) is 0 Å². The smallest absolute Gasteiger partial charge is 0.412 e. The predicted octanol–water partition coefficient (Wildman–Crippen LogP) is 3.89. The lowest BCUT2D eigenvalue weighted by atomic mass is 9.77. The summed E-state index contributed by atoms with van der Waals surface area (Å²) in [5, 5.41) is 9.69. The summed E-state index contributed by atoms with van der Waals surface area (Å²) < 4.78 is 0.999. The predicted molar refractivity (Wildman–Crippen MR) is 84.2 cm³/mol. The Morgan fingerprint density at radius 3 is 2.62 bits per heavy atom. The Labute approximate surface area is 132 Å². The molecule has 21 heavy (non-hydrogen) atoms. The van der Waals surface area contributed by atoms with Gasteiger partial charge in [-0.1, -0.05) is 22.9 Å². The summed E-state index contributed by atoms with van der Waals surface area (Å²) in [6, 6.07) is 1.94. The van der Waals surface area contributed by atoms with Crippen LogP contribution < -0.4 is 4.90 Å². The van der Waals surface area contributed by atoms with Crippen molar-refractivity contribution in [3.05, 3.63) is 27.2 Å². The second kappa shape index (κ2) is 4.57. The molecule has 0 saturated carbocycles. The van der Waals surface area contributed by atoms with E-state index in [2.05, 4.69) is 15.9 Å². The average Bonchev–Trinajstić information content (AvgIpc) is 2.87. The first-order chi connectivity index (χ1) is 9.76. The third kappa shape index (κ3) is 1.86. The second-order valence-corrected chi connectivity index (χ2v) is 7.22. The minimum atomic E-state index is -1.06. The minimum Gasteiger partial charge on any atom is -0.465 e. The number of Topliss-reactive ketones (excluding diaryl/α,β-unsaturated/α-hetero) is 1. The summed E-state index contributed by atoms with van der Waals surface area (Å²) in [4.78, 5) is 25.7. The molecule has 1 aliphatic heterocycles. The third-order valence-corrected chi connectivity index (χ3v) is 5.49. The molecule has 1 amide bonds. The highest BCUT2D eigenvalue weighted by Crippen LogP contribution is 2.48. The van der Waals surface area contributed by atoms with Crippen molar-refractivity contribution in [2.45, 2.75) is 51.5 Å². The van der Waals surface area contributed by atoms with Crippen molar-refractivity contribution < 1.29 is 14.7 Å². The first-order valence-electron chi connectivity index (χ1n) is 7.18. The first-order valence-corrected chi connectivity index (χ1v) is 7.97. The number of hydrogen-bond donors (Lipinski definition) is 1. The molecule has 0 fully saturated rings. The van der Waals surface area contributed by atoms with Crippen LogP contribution in [-0.2, 0) is 17.6 Å². The van der Waals surface area contributed by atoms with E-state index in [-0.39, 0.29) is 11.7 Å². The summed E-state index contributed by atoms with van der Waals surface area (Å²) in [6.07, 6.45) is 1.80. The Hall–Kier alpha value is -1.36. The molecule has 1 unspecified atom stereocenters. The van der Waals surface area contributed by atoms with Gasteiger partial charge in [0.25, 0.3) is 0 Å². The lowest BCUT2D eigenvalue weighted by molar-refractivity contribution is -0.124. The van der Waals surface area contributed by atoms with E-state index in [0.717, 1.165) is 40.5 Å². The van der Waals surface area contributed by atoms with Gasteiger partial charge in [-0.05, 0) is 55.9 Å². The van der Waals surface area contributed by atoms with E-state index in [1.807, 2.05) is 13.0 Å². The number of rotatable bonds is 0. The molecule has 0 saturated heterocycles. The molecular weight excluding hydrogens is 334 g/mol. The van der Waals surface area contributed by atoms with Crippen LogP contribution in [0.3, 0.4) is 0 Å². The molecule has 0 bridgehead atoms. The molecule has 0 aromatic heterocycles. The quantitative estimate of drug-likeness (QED) is 0.771. The minimum absolute atomic E-state index is 0.0535. The first kappa shape index (κ1) is 14.6. The highest BCUT2D eigenvalue weighted by Gasteiger charge is 2.48. The highest BCUT2D eigenvalue weighted by molar-refractivity contribution is 9.10. The molecule has 2 aliphatic rings. The van der Waals surface area contributed by atoms with Gasteiger partial charge >= 0.3 is 6.09 Å². The normalized spacial score (nSPS) is 23.0. The number of anilines is 1. The van der Waals surface area contributed by atoms with Gasteiger partial charge in [0.15, 0.2) is 5.78 Å². The highest BCUT2D eigenvalue weighted by atomic mass is 79.9. The topological polar surface area (TPSA) is 57.6 Å². The fourth-order valence-electron chi connectivity index (χ4n) is 3.72. The number of hydrogen-bond acceptors (Lipinski definition) is 2. The Morgan fingerprint density at radius 1 is 1.38 bits per heavy atom. The van der Waals surface area contributed by atoms with Gasteiger partial charge in [-0.25, -0.2) is 4.79 Å². The molecule has 4 nitrogen and oxygen atoms in total. The number of carboxylic acid groups (broad SMARTS) is 1. The zero-order valence-corrected chi connectivity index (χ0v) is 14.0. The Bertz CT molecular complexity index is 666. The largest absolute Gasteiger partial charge is 0.465 e. The average molecular weight is 352 g/mol. The molecule has 3 rings (SSSR count). The van der Waals surface area contributed by atoms with Gasteiger partial charge in [-0.15, -0.1) is 0 Å². The maximum atomic E-state index is 12.6. The number of carbonyl (C=O) groups excluding carboxylic acids is 1. The number of benzene rings is 1. The summed E-state index contributed by atoms with van der Waals surface area (Å²) in [7, 11) is 0. The van der Waals surface area contributed by atoms with Crippen molar-refractivity contribution in [1.82, 2.24) is 0 Å². The number of halogens is 1. The maximum Gasteiger partial charge on any atom is 0.412 e. The van der Waals surface area contributed by atoms with Gasteiger partial charge in [-0.3, -0.25) is 9.69 Å². The number of ketones is 1. The van der Waals surface area contributed by atoms with Crippen LogP contribution in [0.2, 0.25) is 0 Å². The molecule has 5 heteroatoms. The monoisotopic (exact) mass is 351 g/mol. The van der Waals surface area contributed by atoms with E-state index in [1.54, 1.807) is 13.8 Å². The van der Waals surface area contributed by atoms with Gasteiger partial charge in [0, 0.05) is 10.4 Å². The number of carbonyl (C=O) groups is 2. The number of nitrogens with zero attached hydrogens (tertiary/aromatic N) is 1. The fraction of sp³-hybridized carbons (Fsp3) is 0.500. The molecule has 1 N–H and O–H groups in total. The van der Waals surface area contributed by atoms with Crippen LogP contribution in [0.1, 0.15) is 49.8 Å². The number of fused-ring (bicyclic) bond motifs is 3. The van der Waals surface area contributed by atoms with Gasteiger partial charge in [0.05, 0.1) is 5.69 Å². The summed E-state index contributed by atoms with van der Waals surface area (Å²) >= 11 is 3.58. The van der Waals surface area contributed by atoms with Crippen LogP contribution in [0.25, 0.3) is 0 Å². The van der Waals surface area contributed by atoms with Gasteiger partial charge in [0.2, 0.25) is 0 Å². The molecule has 1 aliphatic carbocycles. The molecule has 112 valence electrons. The van der Waals surface area contributed by atoms with E-state index >= 15 is 0 Å². The standard InChI is InChI=1S/C16H18BrNO3/c1-8-11-7-12(17)9-5-4-6-10(9)13(11)18(15(20)21)16(2,3)14(8)19/h7-8H,4-6H2,1-3H3,(H,20,21). The molecule has 0 spiro atoms. The van der Waals surface area contributed by atoms with Crippen molar-refractivity contribution in [3.8, 4) is 0 Å². The van der Waals surface area contributed by atoms with Crippen LogP contribution in [0.4, 0.5) is 10.5 Å². The van der Waals surface area contributed by atoms with Crippen LogP contribution in [0.15, 0.2) is 10.5 Å². The van der Waals surface area contributed by atoms with E-state index in [4.69, 9.17) is 0 Å². The maximum absolute atomic E-state index is 12.6. The zero-order chi connectivity index (χ0) is 15.5. The molecule has 1 heterocycles. The van der Waals surface area contributed by atoms with Gasteiger partial charge in [-0.2, -0.15) is 0 Å². The lowest BCUT2D eigenvalue weighted by Crippen LogP contribution is -2.57. The fourth-order valence-corrected chi connectivity index (χ4v) is 4.41. The Balaban J connectivity index is 2.36. The van der Waals surface area contributed by atoms with Crippen LogP contribution in [-0.4, -0.2) is 22.5 Å². The van der Waals surface area contributed by atoms with E-state index < -0.39 is 11.6 Å². The van der Waals surface area contributed by atoms with Crippen molar-refractivity contribution in [1.29, 1.82) is 0 Å². The summed E-state index contributed by atoms with van der Waals surface area (Å²) in [6.45, 7) is 5.27. The van der Waals surface area contributed by atoms with Crippen molar-refractivity contribution >= 4 is 33.5 Å². The van der Waals surface area contributed by atoms with Crippen LogP contribution in [0, 0.1) is 0 Å². The summed E-state index contributed by atoms with van der Waals surface area (Å²) in [5.41, 5.74) is 2.83. The Kier molecular flexibility index (Phi) is 3.17. The molecule has 1 aromatic rings. The van der Waals surface area contributed by atoms with E-state index in [0.29, 0.717) is 0 Å². The molecule has 1 aromatic carbocycles. The third-order valence-electron chi connectivity index (χ3n) is 4.78. The van der Waals surface area contributed by atoms with Gasteiger partial charge in [0.1, 0.15) is 5.54 Å². The zero-order valence-electron chi connectivity index (χ0n) is 12.4. The van der Waals surface area contributed by atoms with Gasteiger partial charge < -0.3 is 5.11 Å². The van der Waals surface area contributed by atoms with Crippen molar-refractivity contribution in [3.63, 3.8) is 0 Å². The Morgan fingerprint density at radius 2 is 2.00 bits per heavy atom. The number of amides is 1. The SMILES string of the molecule is CC1C(=O)C(C)(C)N(C(=O)O)c2c1cc(Br)c1c2CCC1. The molecule has 0 radical (unpaired) electrons. The molecular formula is C16H18BrNO3. The second-order valence-electron chi connectivity index (χ2n) is 6.37. The lowest BCUT2D eigenvalue weighted by Gasteiger charge is -2.44. The molecule has 1 atom stereocenters. The van der Waals surface area contributed by atoms with Crippen LogP contribution >= 0.6 is 15.9 Å². The van der Waals surface area contributed by atoms with E-state index in [1.165, 1.54) is 10.5 Å². The van der Waals surface area contributed by atoms with Crippen molar-refractivity contribution in [2.75, 3.05) is 4.90 Å². The van der Waals surface area contributed by atoms with Crippen LogP contribution in [0.5, 0.6) is 0 Å². The van der Waals surface area contributed by atoms with E-state index in [9.17, 15) is 14.7 Å². The summed E-state index contributed by atoms with van der Waals surface area (Å²) in [5.74, 6) is -0.338.